The van der Waals surface area contributed by atoms with Gasteiger partial charge in [-0.05, 0) is 50.5 Å². The van der Waals surface area contributed by atoms with E-state index in [0.29, 0.717) is 26.3 Å². The maximum atomic E-state index is 13.0. The van der Waals surface area contributed by atoms with Crippen molar-refractivity contribution in [3.63, 3.8) is 0 Å². The zero-order chi connectivity index (χ0) is 20.6. The first-order valence-corrected chi connectivity index (χ1v) is 9.53. The summed E-state index contributed by atoms with van der Waals surface area (Å²) in [6.07, 6.45) is 1.34. The fourth-order valence-corrected chi connectivity index (χ4v) is 3.99. The Morgan fingerprint density at radius 2 is 1.96 bits per heavy atom. The molecule has 3 aromatic rings. The molecule has 0 aliphatic rings. The minimum absolute atomic E-state index is 0.321. The molecular weight excluding hydrogens is 378 g/mol. The third-order valence-electron chi connectivity index (χ3n) is 4.69. The molecule has 0 fully saturated rings. The van der Waals surface area contributed by atoms with Gasteiger partial charge in [0, 0.05) is 5.69 Å². The Morgan fingerprint density at radius 1 is 1.25 bits per heavy atom. The van der Waals surface area contributed by atoms with Gasteiger partial charge < -0.3 is 10.1 Å². The molecule has 2 heterocycles. The monoisotopic (exact) mass is 399 g/mol. The van der Waals surface area contributed by atoms with Crippen LogP contribution >= 0.6 is 11.3 Å². The van der Waals surface area contributed by atoms with Gasteiger partial charge in [-0.2, -0.15) is 0 Å². The van der Waals surface area contributed by atoms with Crippen LogP contribution in [0.2, 0.25) is 0 Å². The van der Waals surface area contributed by atoms with Gasteiger partial charge in [0.05, 0.1) is 18.8 Å². The second-order valence-corrected chi connectivity index (χ2v) is 7.67. The Labute approximate surface area is 166 Å². The molecule has 1 N–H and O–H groups in total. The molecule has 0 bridgehead atoms. The number of anilines is 1. The number of carbonyl (C=O) groups is 2. The molecule has 0 saturated heterocycles. The predicted octanol–water partition coefficient (Wildman–Crippen LogP) is 3.37. The van der Waals surface area contributed by atoms with Crippen molar-refractivity contribution in [3.05, 3.63) is 56.4 Å². The van der Waals surface area contributed by atoms with Crippen molar-refractivity contribution in [2.24, 2.45) is 0 Å². The topological polar surface area (TPSA) is 90.3 Å². The van der Waals surface area contributed by atoms with E-state index in [1.54, 1.807) is 13.8 Å². The molecular formula is C20H21N3O4S. The lowest BCUT2D eigenvalue weighted by Gasteiger charge is -2.16. The fourth-order valence-electron chi connectivity index (χ4n) is 2.93. The van der Waals surface area contributed by atoms with Crippen LogP contribution in [-0.4, -0.2) is 28.5 Å². The molecule has 1 amide bonds. The zero-order valence-electron chi connectivity index (χ0n) is 16.3. The van der Waals surface area contributed by atoms with Gasteiger partial charge in [-0.15, -0.1) is 11.3 Å². The quantitative estimate of drug-likeness (QED) is 0.680. The van der Waals surface area contributed by atoms with E-state index < -0.39 is 12.0 Å². The molecule has 8 heteroatoms. The summed E-state index contributed by atoms with van der Waals surface area (Å²) in [7, 11) is 1.29. The van der Waals surface area contributed by atoms with Gasteiger partial charge >= 0.3 is 5.97 Å². The number of carbonyl (C=O) groups excluding carboxylic acids is 2. The summed E-state index contributed by atoms with van der Waals surface area (Å²) in [4.78, 5) is 42.7. The largest absolute Gasteiger partial charge is 0.465 e. The highest BCUT2D eigenvalue weighted by Crippen LogP contribution is 2.27. The number of amides is 1. The van der Waals surface area contributed by atoms with E-state index in [1.165, 1.54) is 18.0 Å². The molecule has 0 spiro atoms. The maximum absolute atomic E-state index is 13.0. The number of benzene rings is 1. The lowest BCUT2D eigenvalue weighted by atomic mass is 10.1. The first kappa shape index (κ1) is 19.8. The average Bonchev–Trinajstić information content (AvgIpc) is 3.01. The van der Waals surface area contributed by atoms with Gasteiger partial charge in [-0.1, -0.05) is 12.1 Å². The highest BCUT2D eigenvalue weighted by molar-refractivity contribution is 7.20. The number of aryl methyl sites for hydroxylation is 3. The smallest absolute Gasteiger partial charge is 0.348 e. The van der Waals surface area contributed by atoms with Crippen LogP contribution in [0.5, 0.6) is 0 Å². The molecule has 1 unspecified atom stereocenters. The van der Waals surface area contributed by atoms with Gasteiger partial charge in [0.15, 0.2) is 0 Å². The molecule has 1 aromatic carbocycles. The third kappa shape index (κ3) is 3.43. The Morgan fingerprint density at radius 3 is 2.64 bits per heavy atom. The Hall–Kier alpha value is -3.00. The van der Waals surface area contributed by atoms with Gasteiger partial charge in [0.25, 0.3) is 5.56 Å². The molecule has 0 radical (unpaired) electrons. The predicted molar refractivity (Wildman–Crippen MR) is 109 cm³/mol. The Balaban J connectivity index is 1.98. The van der Waals surface area contributed by atoms with Crippen LogP contribution in [0.3, 0.4) is 0 Å². The van der Waals surface area contributed by atoms with Crippen LogP contribution in [0.1, 0.15) is 39.3 Å². The lowest BCUT2D eigenvalue weighted by molar-refractivity contribution is -0.118. The van der Waals surface area contributed by atoms with Gasteiger partial charge in [-0.3, -0.25) is 14.2 Å². The normalized spacial score (nSPS) is 12.0. The molecule has 28 heavy (non-hydrogen) atoms. The summed E-state index contributed by atoms with van der Waals surface area (Å²) in [5.41, 5.74) is 2.82. The third-order valence-corrected chi connectivity index (χ3v) is 5.87. The van der Waals surface area contributed by atoms with Crippen molar-refractivity contribution in [2.45, 2.75) is 33.7 Å². The molecule has 3 rings (SSSR count). The van der Waals surface area contributed by atoms with Crippen molar-refractivity contribution in [1.82, 2.24) is 9.55 Å². The number of esters is 1. The van der Waals surface area contributed by atoms with E-state index in [-0.39, 0.29) is 11.5 Å². The van der Waals surface area contributed by atoms with Crippen molar-refractivity contribution >= 4 is 39.1 Å². The number of rotatable bonds is 4. The summed E-state index contributed by atoms with van der Waals surface area (Å²) in [5, 5.41) is 3.21. The summed E-state index contributed by atoms with van der Waals surface area (Å²) in [6.45, 7) is 7.17. The van der Waals surface area contributed by atoms with Crippen LogP contribution in [-0.2, 0) is 9.53 Å². The maximum Gasteiger partial charge on any atom is 0.348 e. The second-order valence-electron chi connectivity index (χ2n) is 6.67. The summed E-state index contributed by atoms with van der Waals surface area (Å²) in [6, 6.07) is 5.01. The molecule has 7 nitrogen and oxygen atoms in total. The molecule has 0 aliphatic carbocycles. The Bertz CT molecular complexity index is 1150. The number of hydrogen-bond donors (Lipinski definition) is 1. The molecule has 0 saturated carbocycles. The summed E-state index contributed by atoms with van der Waals surface area (Å²) >= 11 is 1.11. The minimum Gasteiger partial charge on any atom is -0.465 e. The Kier molecular flexibility index (Phi) is 5.33. The number of thiophene rings is 1. The van der Waals surface area contributed by atoms with Crippen LogP contribution in [0.15, 0.2) is 29.3 Å². The number of hydrogen-bond acceptors (Lipinski definition) is 6. The number of methoxy groups -OCH3 is 1. The minimum atomic E-state index is -0.773. The van der Waals surface area contributed by atoms with Crippen molar-refractivity contribution < 1.29 is 14.3 Å². The summed E-state index contributed by atoms with van der Waals surface area (Å²) in [5.74, 6) is -0.829. The molecule has 1 atom stereocenters. The highest BCUT2D eigenvalue weighted by Gasteiger charge is 2.23. The number of nitrogens with one attached hydrogen (secondary N) is 1. The van der Waals surface area contributed by atoms with Crippen molar-refractivity contribution in [1.29, 1.82) is 0 Å². The summed E-state index contributed by atoms with van der Waals surface area (Å²) < 4.78 is 6.04. The van der Waals surface area contributed by atoms with E-state index in [2.05, 4.69) is 10.3 Å². The second kappa shape index (κ2) is 7.55. The van der Waals surface area contributed by atoms with Crippen LogP contribution in [0.25, 0.3) is 10.2 Å². The van der Waals surface area contributed by atoms with Crippen LogP contribution in [0, 0.1) is 20.8 Å². The fraction of sp³-hybridized carbons (Fsp3) is 0.300. The van der Waals surface area contributed by atoms with E-state index >= 15 is 0 Å². The van der Waals surface area contributed by atoms with E-state index in [0.717, 1.165) is 22.5 Å². The molecule has 2 aromatic heterocycles. The molecule has 0 aliphatic heterocycles. The van der Waals surface area contributed by atoms with Crippen molar-refractivity contribution in [3.8, 4) is 0 Å². The van der Waals surface area contributed by atoms with E-state index in [1.807, 2.05) is 32.0 Å². The standard InChI is InChI=1S/C20H21N3O4S/c1-10-6-7-11(2)14(8-10)22-17(24)13(4)23-9-21-18-15(19(23)25)12(3)16(28-18)20(26)27-5/h6-9,13H,1-5H3,(H,22,24). The highest BCUT2D eigenvalue weighted by atomic mass is 32.1. The van der Waals surface area contributed by atoms with Crippen LogP contribution < -0.4 is 10.9 Å². The van der Waals surface area contributed by atoms with Gasteiger partial charge in [0.2, 0.25) is 5.91 Å². The lowest BCUT2D eigenvalue weighted by Crippen LogP contribution is -2.32. The van der Waals surface area contributed by atoms with Gasteiger partial charge in [0.1, 0.15) is 15.7 Å². The van der Waals surface area contributed by atoms with Gasteiger partial charge in [-0.25, -0.2) is 9.78 Å². The average molecular weight is 399 g/mol. The number of ether oxygens (including phenoxy) is 1. The number of fused-ring (bicyclic) bond motifs is 1. The first-order valence-electron chi connectivity index (χ1n) is 8.71. The zero-order valence-corrected chi connectivity index (χ0v) is 17.1. The number of nitrogens with zero attached hydrogens (tertiary/aromatic N) is 2. The number of aromatic nitrogens is 2. The van der Waals surface area contributed by atoms with Crippen LogP contribution in [0.4, 0.5) is 5.69 Å². The van der Waals surface area contributed by atoms with E-state index in [9.17, 15) is 14.4 Å². The van der Waals surface area contributed by atoms with Crippen molar-refractivity contribution in [2.75, 3.05) is 12.4 Å². The SMILES string of the molecule is COC(=O)c1sc2ncn(C(C)C(=O)Nc3cc(C)ccc3C)c(=O)c2c1C. The molecule has 146 valence electrons. The first-order chi connectivity index (χ1) is 13.2. The van der Waals surface area contributed by atoms with E-state index in [4.69, 9.17) is 4.74 Å².